The van der Waals surface area contributed by atoms with Crippen LogP contribution in [0.4, 0.5) is 10.1 Å². The van der Waals surface area contributed by atoms with E-state index in [0.29, 0.717) is 19.6 Å². The Labute approximate surface area is 206 Å². The summed E-state index contributed by atoms with van der Waals surface area (Å²) in [5, 5.41) is 5.01. The lowest BCUT2D eigenvalue weighted by Crippen LogP contribution is -2.54. The van der Waals surface area contributed by atoms with Gasteiger partial charge in [0.2, 0.25) is 11.8 Å². The summed E-state index contributed by atoms with van der Waals surface area (Å²) in [4.78, 5) is 65.0. The molecule has 3 aliphatic rings. The Balaban J connectivity index is 1.20. The van der Waals surface area contributed by atoms with Gasteiger partial charge in [0.1, 0.15) is 11.9 Å². The summed E-state index contributed by atoms with van der Waals surface area (Å²) in [6, 6.07) is 9.96. The molecule has 0 spiro atoms. The molecule has 0 saturated carbocycles. The number of carbonyl (C=O) groups is 5. The number of amides is 5. The second-order valence-corrected chi connectivity index (χ2v) is 9.30. The fourth-order valence-electron chi connectivity index (χ4n) is 5.03. The maximum atomic E-state index is 13.8. The van der Waals surface area contributed by atoms with Crippen molar-refractivity contribution in [2.24, 2.45) is 5.92 Å². The highest BCUT2D eigenvalue weighted by Crippen LogP contribution is 2.32. The maximum absolute atomic E-state index is 13.8. The number of rotatable bonds is 5. The van der Waals surface area contributed by atoms with Gasteiger partial charge in [-0.2, -0.15) is 0 Å². The van der Waals surface area contributed by atoms with E-state index in [0.717, 1.165) is 23.4 Å². The molecule has 2 aromatic rings. The lowest BCUT2D eigenvalue weighted by Gasteiger charge is -2.34. The van der Waals surface area contributed by atoms with E-state index in [2.05, 4.69) is 15.5 Å². The Morgan fingerprint density at radius 1 is 0.972 bits per heavy atom. The number of imide groups is 2. The van der Waals surface area contributed by atoms with Crippen molar-refractivity contribution in [2.75, 3.05) is 24.5 Å². The fourth-order valence-corrected chi connectivity index (χ4v) is 5.03. The predicted molar refractivity (Wildman–Crippen MR) is 127 cm³/mol. The second-order valence-electron chi connectivity index (χ2n) is 9.30. The van der Waals surface area contributed by atoms with Crippen LogP contribution in [0.3, 0.4) is 0 Å². The first-order valence-electron chi connectivity index (χ1n) is 12.0. The average Bonchev–Trinajstić information content (AvgIpc) is 3.12. The molecule has 36 heavy (non-hydrogen) atoms. The fraction of sp³-hybridized carbons (Fsp3) is 0.346. The van der Waals surface area contributed by atoms with E-state index < -0.39 is 41.4 Å². The first-order chi connectivity index (χ1) is 17.3. The smallest absolute Gasteiger partial charge is 0.262 e. The van der Waals surface area contributed by atoms with E-state index in [1.165, 1.54) is 18.2 Å². The van der Waals surface area contributed by atoms with Gasteiger partial charge < -0.3 is 10.2 Å². The molecule has 9 nitrogen and oxygen atoms in total. The molecular formula is C26H25FN4O5. The number of nitrogens with zero attached hydrogens (tertiary/aromatic N) is 2. The molecule has 3 heterocycles. The van der Waals surface area contributed by atoms with Gasteiger partial charge in [0, 0.05) is 31.7 Å². The summed E-state index contributed by atoms with van der Waals surface area (Å²) in [6.45, 7) is 1.83. The first-order valence-corrected chi connectivity index (χ1v) is 12.0. The van der Waals surface area contributed by atoms with Gasteiger partial charge in [0.05, 0.1) is 16.7 Å². The maximum Gasteiger partial charge on any atom is 0.262 e. The van der Waals surface area contributed by atoms with E-state index in [4.69, 9.17) is 0 Å². The molecule has 1 atom stereocenters. The van der Waals surface area contributed by atoms with E-state index in [-0.39, 0.29) is 35.4 Å². The minimum absolute atomic E-state index is 0.0265. The van der Waals surface area contributed by atoms with Gasteiger partial charge in [-0.25, -0.2) is 4.39 Å². The molecule has 10 heteroatoms. The molecule has 3 aliphatic heterocycles. The SMILES string of the molecule is O=C1CCC(N2C(=O)c3ccc(N4CCC(CNC(=O)c5ccccc5F)CC4)cc3C2=O)C(=O)N1. The number of benzene rings is 2. The lowest BCUT2D eigenvalue weighted by molar-refractivity contribution is -0.136. The van der Waals surface area contributed by atoms with Crippen molar-refractivity contribution in [2.45, 2.75) is 31.7 Å². The van der Waals surface area contributed by atoms with Crippen LogP contribution in [-0.2, 0) is 9.59 Å². The van der Waals surface area contributed by atoms with Crippen LogP contribution in [0.15, 0.2) is 42.5 Å². The van der Waals surface area contributed by atoms with Gasteiger partial charge >= 0.3 is 0 Å². The molecular weight excluding hydrogens is 467 g/mol. The number of hydrogen-bond acceptors (Lipinski definition) is 6. The summed E-state index contributed by atoms with van der Waals surface area (Å²) < 4.78 is 13.8. The zero-order chi connectivity index (χ0) is 25.4. The van der Waals surface area contributed by atoms with Crippen molar-refractivity contribution in [3.63, 3.8) is 0 Å². The van der Waals surface area contributed by atoms with Crippen molar-refractivity contribution in [3.05, 3.63) is 65.0 Å². The third kappa shape index (κ3) is 4.34. The number of anilines is 1. The van der Waals surface area contributed by atoms with Gasteiger partial charge in [0.15, 0.2) is 0 Å². The van der Waals surface area contributed by atoms with Crippen LogP contribution in [0.5, 0.6) is 0 Å². The number of fused-ring (bicyclic) bond motifs is 1. The molecule has 1 unspecified atom stereocenters. The standard InChI is InChI=1S/C26H25FN4O5/c27-20-4-2-1-3-18(20)23(33)28-14-15-9-11-30(12-10-15)16-5-6-17-19(13-16)26(36)31(25(17)35)21-7-8-22(32)29-24(21)34/h1-6,13,15,21H,7-12,14H2,(H,28,33)(H,29,32,34). The molecule has 186 valence electrons. The van der Waals surface area contributed by atoms with Gasteiger partial charge in [-0.15, -0.1) is 0 Å². The average molecular weight is 493 g/mol. The molecule has 5 rings (SSSR count). The summed E-state index contributed by atoms with van der Waals surface area (Å²) in [5.41, 5.74) is 1.33. The number of piperidine rings is 2. The van der Waals surface area contributed by atoms with Crippen LogP contribution in [0.2, 0.25) is 0 Å². The second kappa shape index (κ2) is 9.52. The van der Waals surface area contributed by atoms with E-state index in [9.17, 15) is 28.4 Å². The number of halogens is 1. The zero-order valence-corrected chi connectivity index (χ0v) is 19.5. The third-order valence-corrected chi connectivity index (χ3v) is 7.07. The summed E-state index contributed by atoms with van der Waals surface area (Å²) in [5.74, 6) is -2.85. The van der Waals surface area contributed by atoms with Crippen LogP contribution < -0.4 is 15.5 Å². The highest BCUT2D eigenvalue weighted by molar-refractivity contribution is 6.23. The number of nitrogens with one attached hydrogen (secondary N) is 2. The molecule has 2 aromatic carbocycles. The molecule has 2 fully saturated rings. The molecule has 0 bridgehead atoms. The Kier molecular flexibility index (Phi) is 6.26. The van der Waals surface area contributed by atoms with Crippen molar-refractivity contribution >= 4 is 35.2 Å². The number of hydrogen-bond donors (Lipinski definition) is 2. The van der Waals surface area contributed by atoms with E-state index in [1.807, 2.05) is 0 Å². The summed E-state index contributed by atoms with van der Waals surface area (Å²) in [7, 11) is 0. The number of carbonyl (C=O) groups excluding carboxylic acids is 5. The molecule has 2 N–H and O–H groups in total. The quantitative estimate of drug-likeness (QED) is 0.616. The van der Waals surface area contributed by atoms with Gasteiger partial charge in [-0.1, -0.05) is 12.1 Å². The van der Waals surface area contributed by atoms with Crippen LogP contribution in [0, 0.1) is 11.7 Å². The van der Waals surface area contributed by atoms with Gasteiger partial charge in [-0.3, -0.25) is 34.2 Å². The third-order valence-electron chi connectivity index (χ3n) is 7.07. The van der Waals surface area contributed by atoms with Crippen LogP contribution in [-0.4, -0.2) is 60.1 Å². The Morgan fingerprint density at radius 3 is 2.42 bits per heavy atom. The zero-order valence-electron chi connectivity index (χ0n) is 19.5. The van der Waals surface area contributed by atoms with Crippen LogP contribution in [0.1, 0.15) is 56.8 Å². The molecule has 2 saturated heterocycles. The van der Waals surface area contributed by atoms with Crippen molar-refractivity contribution < 1.29 is 28.4 Å². The molecule has 0 aromatic heterocycles. The van der Waals surface area contributed by atoms with Gasteiger partial charge in [0.25, 0.3) is 17.7 Å². The predicted octanol–water partition coefficient (Wildman–Crippen LogP) is 1.87. The Bertz CT molecular complexity index is 1270. The first kappa shape index (κ1) is 23.7. The van der Waals surface area contributed by atoms with E-state index in [1.54, 1.807) is 24.3 Å². The van der Waals surface area contributed by atoms with Crippen LogP contribution in [0.25, 0.3) is 0 Å². The molecule has 0 radical (unpaired) electrons. The Hall–Kier alpha value is -4.08. The summed E-state index contributed by atoms with van der Waals surface area (Å²) >= 11 is 0. The van der Waals surface area contributed by atoms with Crippen molar-refractivity contribution in [1.29, 1.82) is 0 Å². The summed E-state index contributed by atoms with van der Waals surface area (Å²) in [6.07, 6.45) is 1.78. The minimum atomic E-state index is -0.992. The normalized spacial score (nSPS) is 20.4. The lowest BCUT2D eigenvalue weighted by atomic mass is 9.95. The monoisotopic (exact) mass is 492 g/mol. The van der Waals surface area contributed by atoms with Crippen molar-refractivity contribution in [3.8, 4) is 0 Å². The van der Waals surface area contributed by atoms with E-state index >= 15 is 0 Å². The highest BCUT2D eigenvalue weighted by atomic mass is 19.1. The minimum Gasteiger partial charge on any atom is -0.371 e. The van der Waals surface area contributed by atoms with Crippen LogP contribution >= 0.6 is 0 Å². The molecule has 5 amide bonds. The van der Waals surface area contributed by atoms with Crippen molar-refractivity contribution in [1.82, 2.24) is 15.5 Å². The largest absolute Gasteiger partial charge is 0.371 e. The van der Waals surface area contributed by atoms with Gasteiger partial charge in [-0.05, 0) is 55.5 Å². The molecule has 0 aliphatic carbocycles. The topological polar surface area (TPSA) is 116 Å². The highest BCUT2D eigenvalue weighted by Gasteiger charge is 2.44. The Morgan fingerprint density at radius 2 is 1.69 bits per heavy atom.